The van der Waals surface area contributed by atoms with Crippen LogP contribution in [0.5, 0.6) is 0 Å². The molecule has 1 heterocycles. The Bertz CT molecular complexity index is 271. The number of hydrogen-bond acceptors (Lipinski definition) is 2. The molecule has 1 unspecified atom stereocenters. The fourth-order valence-corrected chi connectivity index (χ4v) is 2.68. The fourth-order valence-electron chi connectivity index (χ4n) is 2.68. The van der Waals surface area contributed by atoms with Gasteiger partial charge in [0.15, 0.2) is 0 Å². The summed E-state index contributed by atoms with van der Waals surface area (Å²) in [6.45, 7) is 2.25. The molecule has 0 aromatic carbocycles. The lowest BCUT2D eigenvalue weighted by molar-refractivity contribution is -0.147. The topological polar surface area (TPSA) is 26.3 Å². The van der Waals surface area contributed by atoms with Gasteiger partial charge in [0, 0.05) is 6.42 Å². The van der Waals surface area contributed by atoms with Crippen LogP contribution in [0, 0.1) is 0 Å². The van der Waals surface area contributed by atoms with Gasteiger partial charge in [0.2, 0.25) is 0 Å². The number of esters is 1. The van der Waals surface area contributed by atoms with E-state index in [1.54, 1.807) is 0 Å². The molecule has 1 saturated heterocycles. The van der Waals surface area contributed by atoms with E-state index in [1.807, 2.05) is 0 Å². The van der Waals surface area contributed by atoms with Crippen LogP contribution >= 0.6 is 0 Å². The first kappa shape index (κ1) is 17.3. The van der Waals surface area contributed by atoms with Gasteiger partial charge in [0.05, 0.1) is 0 Å². The minimum absolute atomic E-state index is 0.0129. The highest BCUT2D eigenvalue weighted by Gasteiger charge is 2.13. The number of allylic oxidation sites excluding steroid dienone is 1. The number of carbonyl (C=O) groups excluding carboxylic acids is 1. The largest absolute Gasteiger partial charge is 0.458 e. The quantitative estimate of drug-likeness (QED) is 0.330. The lowest BCUT2D eigenvalue weighted by Crippen LogP contribution is -2.15. The van der Waals surface area contributed by atoms with E-state index < -0.39 is 0 Å². The maximum atomic E-state index is 11.6. The molecule has 0 aromatic heterocycles. The molecule has 0 saturated carbocycles. The monoisotopic (exact) mass is 280 g/mol. The summed E-state index contributed by atoms with van der Waals surface area (Å²) in [5.74, 6) is -0.0129. The Morgan fingerprint density at radius 1 is 1.05 bits per heavy atom. The van der Waals surface area contributed by atoms with Gasteiger partial charge in [-0.25, -0.2) is 0 Å². The first-order chi connectivity index (χ1) is 9.83. The molecule has 0 N–H and O–H groups in total. The second kappa shape index (κ2) is 12.0. The Balaban J connectivity index is 2.13. The van der Waals surface area contributed by atoms with E-state index in [-0.39, 0.29) is 12.1 Å². The molecule has 1 aliphatic heterocycles. The summed E-state index contributed by atoms with van der Waals surface area (Å²) in [4.78, 5) is 11.6. The number of unbranched alkanes of at least 4 members (excludes halogenated alkanes) is 6. The van der Waals surface area contributed by atoms with Crippen molar-refractivity contribution in [3.05, 3.63) is 12.2 Å². The van der Waals surface area contributed by atoms with Gasteiger partial charge in [-0.2, -0.15) is 0 Å². The minimum atomic E-state index is -0.0129. The van der Waals surface area contributed by atoms with Crippen LogP contribution in [-0.2, 0) is 9.53 Å². The Labute approximate surface area is 125 Å². The minimum Gasteiger partial charge on any atom is -0.458 e. The molecule has 1 fully saturated rings. The van der Waals surface area contributed by atoms with Crippen molar-refractivity contribution < 1.29 is 9.53 Å². The summed E-state index contributed by atoms with van der Waals surface area (Å²) in [6, 6.07) is 0. The molecule has 2 heteroatoms. The number of carbonyl (C=O) groups is 1. The molecule has 116 valence electrons. The van der Waals surface area contributed by atoms with E-state index in [9.17, 15) is 4.79 Å². The highest BCUT2D eigenvalue weighted by atomic mass is 16.5. The summed E-state index contributed by atoms with van der Waals surface area (Å²) in [6.07, 6.45) is 19.7. The Morgan fingerprint density at radius 2 is 1.80 bits per heavy atom. The van der Waals surface area contributed by atoms with Gasteiger partial charge in [-0.15, -0.1) is 0 Å². The van der Waals surface area contributed by atoms with Crippen LogP contribution in [0.15, 0.2) is 12.2 Å². The van der Waals surface area contributed by atoms with Gasteiger partial charge in [0.1, 0.15) is 6.10 Å². The maximum Gasteiger partial charge on any atom is 0.306 e. The normalized spacial score (nSPS) is 21.2. The first-order valence-electron chi connectivity index (χ1n) is 8.69. The number of cyclic esters (lactones) is 1. The van der Waals surface area contributed by atoms with Gasteiger partial charge in [-0.1, -0.05) is 57.9 Å². The lowest BCUT2D eigenvalue weighted by atomic mass is 10.1. The average molecular weight is 280 g/mol. The zero-order chi connectivity index (χ0) is 14.5. The highest BCUT2D eigenvalue weighted by Crippen LogP contribution is 2.16. The van der Waals surface area contributed by atoms with Gasteiger partial charge < -0.3 is 4.74 Å². The van der Waals surface area contributed by atoms with Crippen molar-refractivity contribution in [2.75, 3.05) is 0 Å². The van der Waals surface area contributed by atoms with Crippen molar-refractivity contribution in [2.45, 2.75) is 96.5 Å². The fraction of sp³-hybridized carbons (Fsp3) is 0.833. The van der Waals surface area contributed by atoms with Crippen LogP contribution < -0.4 is 0 Å². The van der Waals surface area contributed by atoms with Crippen molar-refractivity contribution in [3.8, 4) is 0 Å². The smallest absolute Gasteiger partial charge is 0.306 e. The zero-order valence-electron chi connectivity index (χ0n) is 13.2. The third kappa shape index (κ3) is 9.17. The van der Waals surface area contributed by atoms with E-state index in [4.69, 9.17) is 4.74 Å². The standard InChI is InChI=1S/C18H32O2/c1-2-3-4-5-6-7-8-11-14-17-15-12-9-10-13-16-18(19)20-17/h11,14,17H,2-10,12-13,15-16H2,1H3. The molecule has 1 rings (SSSR count). The molecule has 2 nitrogen and oxygen atoms in total. The van der Waals surface area contributed by atoms with E-state index in [0.717, 1.165) is 19.3 Å². The van der Waals surface area contributed by atoms with Crippen LogP contribution in [0.25, 0.3) is 0 Å². The number of rotatable bonds is 8. The molecule has 1 aliphatic rings. The SMILES string of the molecule is CCCCCCCCC=CC1CCCCCCC(=O)O1. The number of ether oxygens (including phenoxy) is 1. The Kier molecular flexibility index (Phi) is 10.3. The van der Waals surface area contributed by atoms with Crippen LogP contribution in [0.3, 0.4) is 0 Å². The third-order valence-corrected chi connectivity index (χ3v) is 3.98. The molecule has 1 atom stereocenters. The van der Waals surface area contributed by atoms with Crippen LogP contribution in [0.4, 0.5) is 0 Å². The molecular weight excluding hydrogens is 248 g/mol. The van der Waals surface area contributed by atoms with E-state index >= 15 is 0 Å². The Morgan fingerprint density at radius 3 is 2.65 bits per heavy atom. The van der Waals surface area contributed by atoms with Gasteiger partial charge in [-0.05, 0) is 38.2 Å². The molecule has 0 spiro atoms. The molecular formula is C18H32O2. The lowest BCUT2D eigenvalue weighted by Gasteiger charge is -2.12. The second-order valence-electron chi connectivity index (χ2n) is 5.97. The van der Waals surface area contributed by atoms with Gasteiger partial charge in [0.25, 0.3) is 0 Å². The summed E-state index contributed by atoms with van der Waals surface area (Å²) in [7, 11) is 0. The van der Waals surface area contributed by atoms with Crippen LogP contribution in [0.2, 0.25) is 0 Å². The molecule has 0 aliphatic carbocycles. The predicted molar refractivity (Wildman–Crippen MR) is 84.7 cm³/mol. The summed E-state index contributed by atoms with van der Waals surface area (Å²) in [5, 5.41) is 0. The average Bonchev–Trinajstić information content (AvgIpc) is 2.54. The Hall–Kier alpha value is -0.790. The second-order valence-corrected chi connectivity index (χ2v) is 5.97. The van der Waals surface area contributed by atoms with Crippen LogP contribution in [0.1, 0.15) is 90.4 Å². The number of hydrogen-bond donors (Lipinski definition) is 0. The van der Waals surface area contributed by atoms with Crippen molar-refractivity contribution >= 4 is 5.97 Å². The van der Waals surface area contributed by atoms with Crippen molar-refractivity contribution in [1.29, 1.82) is 0 Å². The first-order valence-corrected chi connectivity index (χ1v) is 8.69. The zero-order valence-corrected chi connectivity index (χ0v) is 13.2. The van der Waals surface area contributed by atoms with Gasteiger partial charge >= 0.3 is 5.97 Å². The third-order valence-electron chi connectivity index (χ3n) is 3.98. The molecule has 0 aromatic rings. The highest BCUT2D eigenvalue weighted by molar-refractivity contribution is 5.69. The molecule has 0 bridgehead atoms. The van der Waals surface area contributed by atoms with E-state index in [1.165, 1.54) is 57.8 Å². The van der Waals surface area contributed by atoms with Gasteiger partial charge in [-0.3, -0.25) is 4.79 Å². The van der Waals surface area contributed by atoms with Crippen LogP contribution in [-0.4, -0.2) is 12.1 Å². The van der Waals surface area contributed by atoms with Crippen molar-refractivity contribution in [3.63, 3.8) is 0 Å². The van der Waals surface area contributed by atoms with Crippen molar-refractivity contribution in [2.24, 2.45) is 0 Å². The molecule has 0 radical (unpaired) electrons. The predicted octanol–water partition coefficient (Wildman–Crippen LogP) is 5.56. The van der Waals surface area contributed by atoms with E-state index in [2.05, 4.69) is 19.1 Å². The van der Waals surface area contributed by atoms with E-state index in [0.29, 0.717) is 6.42 Å². The summed E-state index contributed by atoms with van der Waals surface area (Å²) >= 11 is 0. The van der Waals surface area contributed by atoms with Crippen molar-refractivity contribution in [1.82, 2.24) is 0 Å². The summed E-state index contributed by atoms with van der Waals surface area (Å²) in [5.41, 5.74) is 0. The molecule has 20 heavy (non-hydrogen) atoms. The maximum absolute atomic E-state index is 11.6. The summed E-state index contributed by atoms with van der Waals surface area (Å²) < 4.78 is 5.51. The molecule has 0 amide bonds.